The van der Waals surface area contributed by atoms with Crippen LogP contribution in [0.5, 0.6) is 0 Å². The number of aliphatic hydroxyl groups is 3. The molecule has 1 aliphatic heterocycles. The van der Waals surface area contributed by atoms with Gasteiger partial charge in [0, 0.05) is 6.92 Å². The Kier molecular flexibility index (Phi) is 7.56. The first-order valence-electron chi connectivity index (χ1n) is 7.78. The third kappa shape index (κ3) is 6.33. The van der Waals surface area contributed by atoms with Gasteiger partial charge >= 0.3 is 5.97 Å². The van der Waals surface area contributed by atoms with E-state index in [1.807, 2.05) is 0 Å². The summed E-state index contributed by atoms with van der Waals surface area (Å²) in [5.41, 5.74) is -0.619. The molecule has 1 heterocycles. The summed E-state index contributed by atoms with van der Waals surface area (Å²) >= 11 is 0. The van der Waals surface area contributed by atoms with Crippen molar-refractivity contribution in [1.29, 1.82) is 0 Å². The fraction of sp³-hybridized carbons (Fsp3) is 0.867. The van der Waals surface area contributed by atoms with Crippen molar-refractivity contribution in [2.45, 2.75) is 70.4 Å². The predicted octanol–water partition coefficient (Wildman–Crippen LogP) is -1.32. The Morgan fingerprint density at radius 2 is 1.88 bits per heavy atom. The maximum Gasteiger partial charge on any atom is 0.308 e. The van der Waals surface area contributed by atoms with Crippen LogP contribution in [-0.2, 0) is 23.8 Å². The standard InChI is InChI=1S/C15H27NO8/c1-8(18)16-11-13(12(20)9(7-17)23-14(11)21)22-6-5-10(19)24-15(2,3)4/h9,11-14,17,20-21H,5-7H2,1-4H3,(H,16,18)/t9-,11+,12-,13-,14-/m1/s1. The maximum absolute atomic E-state index is 11.7. The summed E-state index contributed by atoms with van der Waals surface area (Å²) in [6, 6.07) is -1.03. The summed E-state index contributed by atoms with van der Waals surface area (Å²) in [6.45, 7) is 5.85. The van der Waals surface area contributed by atoms with Gasteiger partial charge in [-0.25, -0.2) is 0 Å². The number of carbonyl (C=O) groups is 2. The molecule has 0 radical (unpaired) electrons. The third-order valence-electron chi connectivity index (χ3n) is 3.28. The van der Waals surface area contributed by atoms with Gasteiger partial charge in [0.25, 0.3) is 0 Å². The minimum Gasteiger partial charge on any atom is -0.460 e. The van der Waals surface area contributed by atoms with Crippen LogP contribution in [0.1, 0.15) is 34.1 Å². The second kappa shape index (κ2) is 8.72. The Morgan fingerprint density at radius 1 is 1.25 bits per heavy atom. The van der Waals surface area contributed by atoms with E-state index in [0.29, 0.717) is 0 Å². The molecule has 4 N–H and O–H groups in total. The van der Waals surface area contributed by atoms with E-state index in [9.17, 15) is 24.9 Å². The van der Waals surface area contributed by atoms with Gasteiger partial charge < -0.3 is 34.8 Å². The number of rotatable bonds is 6. The Balaban J connectivity index is 2.67. The van der Waals surface area contributed by atoms with Crippen LogP contribution in [0.2, 0.25) is 0 Å². The number of nitrogens with one attached hydrogen (secondary N) is 1. The Bertz CT molecular complexity index is 436. The summed E-state index contributed by atoms with van der Waals surface area (Å²) < 4.78 is 15.7. The fourth-order valence-electron chi connectivity index (χ4n) is 2.34. The molecule has 0 unspecified atom stereocenters. The summed E-state index contributed by atoms with van der Waals surface area (Å²) in [7, 11) is 0. The van der Waals surface area contributed by atoms with Crippen molar-refractivity contribution >= 4 is 11.9 Å². The molecule has 0 aromatic heterocycles. The number of ether oxygens (including phenoxy) is 3. The maximum atomic E-state index is 11.7. The molecule has 0 saturated carbocycles. The predicted molar refractivity (Wildman–Crippen MR) is 81.8 cm³/mol. The van der Waals surface area contributed by atoms with Gasteiger partial charge in [0.1, 0.15) is 30.0 Å². The number of aliphatic hydroxyl groups excluding tert-OH is 3. The Labute approximate surface area is 140 Å². The molecular weight excluding hydrogens is 322 g/mol. The monoisotopic (exact) mass is 349 g/mol. The summed E-state index contributed by atoms with van der Waals surface area (Å²) in [6.07, 6.45) is -4.91. The smallest absolute Gasteiger partial charge is 0.308 e. The van der Waals surface area contributed by atoms with Crippen molar-refractivity contribution in [3.05, 3.63) is 0 Å². The number of carbonyl (C=O) groups excluding carboxylic acids is 2. The largest absolute Gasteiger partial charge is 0.460 e. The van der Waals surface area contributed by atoms with E-state index >= 15 is 0 Å². The topological polar surface area (TPSA) is 135 Å². The zero-order valence-corrected chi connectivity index (χ0v) is 14.4. The number of hydrogen-bond acceptors (Lipinski definition) is 8. The van der Waals surface area contributed by atoms with Gasteiger partial charge in [0.2, 0.25) is 5.91 Å². The van der Waals surface area contributed by atoms with E-state index in [2.05, 4.69) is 5.32 Å². The van der Waals surface area contributed by atoms with E-state index in [1.165, 1.54) is 6.92 Å². The van der Waals surface area contributed by atoms with Crippen LogP contribution >= 0.6 is 0 Å². The Hall–Kier alpha value is -1.26. The lowest BCUT2D eigenvalue weighted by molar-refractivity contribution is -0.262. The molecule has 1 rings (SSSR count). The van der Waals surface area contributed by atoms with Crippen LogP contribution in [-0.4, -0.2) is 76.7 Å². The number of hydrogen-bond donors (Lipinski definition) is 4. The van der Waals surface area contributed by atoms with Crippen LogP contribution in [0, 0.1) is 0 Å². The zero-order chi connectivity index (χ0) is 18.5. The molecule has 0 aromatic rings. The van der Waals surface area contributed by atoms with E-state index < -0.39 is 54.7 Å². The van der Waals surface area contributed by atoms with E-state index in [0.717, 1.165) is 0 Å². The minimum atomic E-state index is -1.46. The quantitative estimate of drug-likeness (QED) is 0.434. The van der Waals surface area contributed by atoms with Crippen molar-refractivity contribution < 1.29 is 39.1 Å². The second-order valence-electron chi connectivity index (χ2n) is 6.64. The van der Waals surface area contributed by atoms with Crippen molar-refractivity contribution in [1.82, 2.24) is 5.32 Å². The molecule has 0 aromatic carbocycles. The molecule has 9 nitrogen and oxygen atoms in total. The lowest BCUT2D eigenvalue weighted by Gasteiger charge is -2.42. The van der Waals surface area contributed by atoms with Crippen LogP contribution in [0.4, 0.5) is 0 Å². The summed E-state index contributed by atoms with van der Waals surface area (Å²) in [4.78, 5) is 22.9. The van der Waals surface area contributed by atoms with Crippen LogP contribution < -0.4 is 5.32 Å². The third-order valence-corrected chi connectivity index (χ3v) is 3.28. The highest BCUT2D eigenvalue weighted by molar-refractivity contribution is 5.73. The molecule has 9 heteroatoms. The van der Waals surface area contributed by atoms with E-state index in [1.54, 1.807) is 20.8 Å². The van der Waals surface area contributed by atoms with E-state index in [4.69, 9.17) is 14.2 Å². The first-order chi connectivity index (χ1) is 11.0. The van der Waals surface area contributed by atoms with Crippen molar-refractivity contribution in [3.8, 4) is 0 Å². The average Bonchev–Trinajstić information content (AvgIpc) is 2.43. The molecule has 0 bridgehead atoms. The highest BCUT2D eigenvalue weighted by atomic mass is 16.6. The molecule has 0 aliphatic carbocycles. The molecule has 1 fully saturated rings. The van der Waals surface area contributed by atoms with Crippen molar-refractivity contribution in [2.75, 3.05) is 13.2 Å². The Morgan fingerprint density at radius 3 is 2.38 bits per heavy atom. The first kappa shape index (κ1) is 20.8. The first-order valence-corrected chi connectivity index (χ1v) is 7.78. The molecular formula is C15H27NO8. The SMILES string of the molecule is CC(=O)N[C@H]1[C@@H](OCCC(=O)OC(C)(C)C)[C@H](O)[C@@H](CO)O[C@H]1O. The van der Waals surface area contributed by atoms with Crippen LogP contribution in [0.15, 0.2) is 0 Å². The molecule has 140 valence electrons. The molecule has 5 atom stereocenters. The van der Waals surface area contributed by atoms with Gasteiger partial charge in [0.15, 0.2) is 6.29 Å². The van der Waals surface area contributed by atoms with Gasteiger partial charge in [-0.15, -0.1) is 0 Å². The fourth-order valence-corrected chi connectivity index (χ4v) is 2.34. The highest BCUT2D eigenvalue weighted by Gasteiger charge is 2.45. The normalized spacial score (nSPS) is 30.7. The van der Waals surface area contributed by atoms with Gasteiger partial charge in [-0.3, -0.25) is 9.59 Å². The van der Waals surface area contributed by atoms with E-state index in [-0.39, 0.29) is 13.0 Å². The molecule has 24 heavy (non-hydrogen) atoms. The molecule has 1 saturated heterocycles. The van der Waals surface area contributed by atoms with Gasteiger partial charge in [-0.2, -0.15) is 0 Å². The number of amides is 1. The van der Waals surface area contributed by atoms with Crippen molar-refractivity contribution in [2.24, 2.45) is 0 Å². The highest BCUT2D eigenvalue weighted by Crippen LogP contribution is 2.23. The lowest BCUT2D eigenvalue weighted by Crippen LogP contribution is -2.64. The summed E-state index contributed by atoms with van der Waals surface area (Å²) in [5.74, 6) is -0.919. The van der Waals surface area contributed by atoms with Crippen LogP contribution in [0.25, 0.3) is 0 Å². The second-order valence-corrected chi connectivity index (χ2v) is 6.64. The molecule has 0 spiro atoms. The minimum absolute atomic E-state index is 0.0615. The molecule has 1 aliphatic rings. The molecule has 1 amide bonds. The lowest BCUT2D eigenvalue weighted by atomic mass is 9.96. The van der Waals surface area contributed by atoms with Gasteiger partial charge in [0.05, 0.1) is 19.6 Å². The van der Waals surface area contributed by atoms with Gasteiger partial charge in [-0.05, 0) is 20.8 Å². The van der Waals surface area contributed by atoms with Gasteiger partial charge in [-0.1, -0.05) is 0 Å². The zero-order valence-electron chi connectivity index (χ0n) is 14.4. The average molecular weight is 349 g/mol. The van der Waals surface area contributed by atoms with Crippen LogP contribution in [0.3, 0.4) is 0 Å². The summed E-state index contributed by atoms with van der Waals surface area (Å²) in [5, 5.41) is 31.8. The number of esters is 1. The van der Waals surface area contributed by atoms with Crippen molar-refractivity contribution in [3.63, 3.8) is 0 Å².